The van der Waals surface area contributed by atoms with Crippen LogP contribution in [0.2, 0.25) is 0 Å². The van der Waals surface area contributed by atoms with Crippen molar-refractivity contribution in [3.8, 4) is 0 Å². The van der Waals surface area contributed by atoms with E-state index in [1.807, 2.05) is 0 Å². The van der Waals surface area contributed by atoms with Crippen molar-refractivity contribution < 1.29 is 20.1 Å². The topological polar surface area (TPSA) is 89.8 Å². The Hall–Kier alpha value is -0.650. The second-order valence-electron chi connectivity index (χ2n) is 11.4. The Labute approximate surface area is 230 Å². The van der Waals surface area contributed by atoms with Gasteiger partial charge in [0.1, 0.15) is 0 Å². The van der Waals surface area contributed by atoms with E-state index >= 15 is 0 Å². The summed E-state index contributed by atoms with van der Waals surface area (Å²) in [6.45, 7) is 4.22. The Morgan fingerprint density at radius 2 is 0.919 bits per heavy atom. The second-order valence-corrected chi connectivity index (χ2v) is 11.4. The number of hydrogen-bond acceptors (Lipinski definition) is 4. The van der Waals surface area contributed by atoms with Crippen LogP contribution in [0.15, 0.2) is 0 Å². The molecule has 1 amide bonds. The molecular weight excluding hydrogens is 462 g/mol. The Morgan fingerprint density at radius 1 is 0.568 bits per heavy atom. The van der Waals surface area contributed by atoms with Crippen LogP contribution in [0.3, 0.4) is 0 Å². The summed E-state index contributed by atoms with van der Waals surface area (Å²) in [5.41, 5.74) is 0. The smallest absolute Gasteiger partial charge is 0.222 e. The van der Waals surface area contributed by atoms with Gasteiger partial charge >= 0.3 is 0 Å². The minimum absolute atomic E-state index is 0.0407. The minimum Gasteiger partial charge on any atom is -0.394 e. The Morgan fingerprint density at radius 3 is 1.30 bits per heavy atom. The molecule has 0 aliphatic heterocycles. The molecule has 0 rings (SSSR count). The number of hydrogen-bond donors (Lipinski definition) is 4. The summed E-state index contributed by atoms with van der Waals surface area (Å²) in [7, 11) is 0. The van der Waals surface area contributed by atoms with E-state index < -0.39 is 18.2 Å². The molecule has 0 fully saturated rings. The number of amides is 1. The van der Waals surface area contributed by atoms with E-state index in [-0.39, 0.29) is 18.9 Å². The number of carbonyl (C=O) groups excluding carboxylic acids is 1. The maximum atomic E-state index is 12.3. The Kier molecular flexibility index (Phi) is 27.9. The van der Waals surface area contributed by atoms with Crippen molar-refractivity contribution in [2.45, 2.75) is 193 Å². The zero-order valence-corrected chi connectivity index (χ0v) is 24.9. The molecule has 0 radical (unpaired) electrons. The lowest BCUT2D eigenvalue weighted by molar-refractivity contribution is -0.125. The quantitative estimate of drug-likeness (QED) is 0.0742. The highest BCUT2D eigenvalue weighted by Gasteiger charge is 2.21. The van der Waals surface area contributed by atoms with Gasteiger partial charge in [0.2, 0.25) is 5.91 Å². The fraction of sp³-hybridized carbons (Fsp3) is 0.969. The first-order chi connectivity index (χ1) is 18.0. The van der Waals surface area contributed by atoms with Gasteiger partial charge in [0.05, 0.1) is 31.3 Å². The molecule has 222 valence electrons. The van der Waals surface area contributed by atoms with Crippen molar-refractivity contribution in [3.63, 3.8) is 0 Å². The molecule has 0 saturated heterocycles. The van der Waals surface area contributed by atoms with Gasteiger partial charge < -0.3 is 20.6 Å². The van der Waals surface area contributed by atoms with Crippen molar-refractivity contribution in [1.82, 2.24) is 5.32 Å². The first kappa shape index (κ1) is 36.4. The molecule has 0 bridgehead atoms. The average Bonchev–Trinajstić information content (AvgIpc) is 2.88. The van der Waals surface area contributed by atoms with E-state index in [4.69, 9.17) is 0 Å². The highest BCUT2D eigenvalue weighted by molar-refractivity contribution is 5.76. The lowest BCUT2D eigenvalue weighted by Crippen LogP contribution is -2.46. The molecule has 0 aromatic carbocycles. The Bertz CT molecular complexity index is 474. The molecule has 0 saturated carbocycles. The fourth-order valence-electron chi connectivity index (χ4n) is 5.11. The molecule has 5 heteroatoms. The molecule has 5 nitrogen and oxygen atoms in total. The van der Waals surface area contributed by atoms with E-state index in [1.54, 1.807) is 0 Å². The van der Waals surface area contributed by atoms with Crippen LogP contribution in [-0.2, 0) is 4.79 Å². The van der Waals surface area contributed by atoms with Crippen LogP contribution in [-0.4, -0.2) is 46.1 Å². The van der Waals surface area contributed by atoms with E-state index in [0.29, 0.717) is 12.8 Å². The molecule has 0 spiro atoms. The van der Waals surface area contributed by atoms with Crippen LogP contribution in [0.1, 0.15) is 174 Å². The van der Waals surface area contributed by atoms with Gasteiger partial charge in [0.15, 0.2) is 0 Å². The predicted molar refractivity (Wildman–Crippen MR) is 158 cm³/mol. The molecule has 0 aliphatic carbocycles. The maximum absolute atomic E-state index is 12.3. The number of carbonyl (C=O) groups is 1. The highest BCUT2D eigenvalue weighted by atomic mass is 16.3. The summed E-state index contributed by atoms with van der Waals surface area (Å²) in [5.74, 6) is -0.285. The van der Waals surface area contributed by atoms with E-state index in [9.17, 15) is 20.1 Å². The van der Waals surface area contributed by atoms with Gasteiger partial charge in [-0.05, 0) is 12.8 Å². The molecule has 3 atom stereocenters. The standard InChI is InChI=1S/C32H65NO4/c1-3-5-7-9-11-13-14-15-16-18-20-22-24-26-31(36)30(28-34)33-32(37)27-29(35)25-23-21-19-17-12-10-8-6-4-2/h29-31,34-36H,3-28H2,1-2H3,(H,33,37)/t29?,30-,31+/m0/s1. The summed E-state index contributed by atoms with van der Waals surface area (Å²) in [5, 5.41) is 33.0. The molecule has 0 aliphatic rings. The number of aliphatic hydroxyl groups is 3. The average molecular weight is 528 g/mol. The van der Waals surface area contributed by atoms with Crippen molar-refractivity contribution in [1.29, 1.82) is 0 Å². The van der Waals surface area contributed by atoms with E-state index in [0.717, 1.165) is 25.7 Å². The first-order valence-corrected chi connectivity index (χ1v) is 16.3. The summed E-state index contributed by atoms with van der Waals surface area (Å²) in [6, 6.07) is -0.648. The third-order valence-electron chi connectivity index (χ3n) is 7.67. The minimum atomic E-state index is -0.740. The van der Waals surface area contributed by atoms with Gasteiger partial charge in [0, 0.05) is 0 Å². The third kappa shape index (κ3) is 25.4. The largest absolute Gasteiger partial charge is 0.394 e. The lowest BCUT2D eigenvalue weighted by atomic mass is 10.0. The van der Waals surface area contributed by atoms with Crippen LogP contribution in [0, 0.1) is 0 Å². The van der Waals surface area contributed by atoms with Crippen LogP contribution >= 0.6 is 0 Å². The molecule has 4 N–H and O–H groups in total. The van der Waals surface area contributed by atoms with Gasteiger partial charge in [-0.1, -0.05) is 155 Å². The van der Waals surface area contributed by atoms with E-state index in [1.165, 1.54) is 116 Å². The molecule has 37 heavy (non-hydrogen) atoms. The number of aliphatic hydroxyl groups excluding tert-OH is 3. The van der Waals surface area contributed by atoms with Gasteiger partial charge in [0.25, 0.3) is 0 Å². The summed E-state index contributed by atoms with van der Waals surface area (Å²) >= 11 is 0. The molecule has 0 aromatic heterocycles. The van der Waals surface area contributed by atoms with E-state index in [2.05, 4.69) is 19.2 Å². The Balaban J connectivity index is 3.70. The first-order valence-electron chi connectivity index (χ1n) is 16.3. The SMILES string of the molecule is CCCCCCCCCCCCCCC[C@@H](O)[C@H](CO)NC(=O)CC(O)CCCCCCCCCCC. The monoisotopic (exact) mass is 527 g/mol. The summed E-state index contributed by atoms with van der Waals surface area (Å²) < 4.78 is 0. The third-order valence-corrected chi connectivity index (χ3v) is 7.67. The van der Waals surface area contributed by atoms with Crippen LogP contribution < -0.4 is 5.32 Å². The van der Waals surface area contributed by atoms with Gasteiger partial charge in [-0.15, -0.1) is 0 Å². The normalized spacial score (nSPS) is 14.0. The van der Waals surface area contributed by atoms with Gasteiger partial charge in [-0.3, -0.25) is 4.79 Å². The second kappa shape index (κ2) is 28.4. The number of unbranched alkanes of at least 4 members (excludes halogenated alkanes) is 20. The van der Waals surface area contributed by atoms with Crippen LogP contribution in [0.25, 0.3) is 0 Å². The van der Waals surface area contributed by atoms with Crippen LogP contribution in [0.4, 0.5) is 0 Å². The van der Waals surface area contributed by atoms with Crippen molar-refractivity contribution in [3.05, 3.63) is 0 Å². The summed E-state index contributed by atoms with van der Waals surface area (Å²) in [6.07, 6.45) is 27.6. The van der Waals surface area contributed by atoms with Gasteiger partial charge in [-0.25, -0.2) is 0 Å². The zero-order chi connectivity index (χ0) is 27.4. The van der Waals surface area contributed by atoms with Crippen molar-refractivity contribution in [2.24, 2.45) is 0 Å². The molecule has 1 unspecified atom stereocenters. The molecule has 0 heterocycles. The van der Waals surface area contributed by atoms with Crippen molar-refractivity contribution in [2.75, 3.05) is 6.61 Å². The molecular formula is C32H65NO4. The summed E-state index contributed by atoms with van der Waals surface area (Å²) in [4.78, 5) is 12.3. The van der Waals surface area contributed by atoms with Gasteiger partial charge in [-0.2, -0.15) is 0 Å². The maximum Gasteiger partial charge on any atom is 0.222 e. The predicted octanol–water partition coefficient (Wildman–Crippen LogP) is 7.98. The fourth-order valence-corrected chi connectivity index (χ4v) is 5.11. The highest BCUT2D eigenvalue weighted by Crippen LogP contribution is 2.15. The molecule has 0 aromatic rings. The van der Waals surface area contributed by atoms with Crippen molar-refractivity contribution >= 4 is 5.91 Å². The lowest BCUT2D eigenvalue weighted by Gasteiger charge is -2.23. The number of rotatable bonds is 29. The van der Waals surface area contributed by atoms with Crippen LogP contribution in [0.5, 0.6) is 0 Å². The number of nitrogens with one attached hydrogen (secondary N) is 1. The zero-order valence-electron chi connectivity index (χ0n) is 24.9.